The van der Waals surface area contributed by atoms with E-state index in [-0.39, 0.29) is 38.6 Å². The highest BCUT2D eigenvalue weighted by Gasteiger charge is 2.47. The Morgan fingerprint density at radius 3 is 2.50 bits per heavy atom. The van der Waals surface area contributed by atoms with Gasteiger partial charge in [-0.15, -0.1) is 0 Å². The molecule has 3 heterocycles. The summed E-state index contributed by atoms with van der Waals surface area (Å²) in [6.45, 7) is 1.78. The Balaban J connectivity index is 1.40. The van der Waals surface area contributed by atoms with E-state index < -0.39 is 33.2 Å². The molecule has 3 aliphatic rings. The van der Waals surface area contributed by atoms with Crippen molar-refractivity contribution >= 4 is 27.6 Å². The third-order valence-corrected chi connectivity index (χ3v) is 8.92. The number of hydroxylamine groups is 1. The highest BCUT2D eigenvalue weighted by molar-refractivity contribution is 7.89. The summed E-state index contributed by atoms with van der Waals surface area (Å²) in [6, 6.07) is 9.81. The summed E-state index contributed by atoms with van der Waals surface area (Å²) < 4.78 is 38.6. The monoisotopic (exact) mass is 493 g/mol. The van der Waals surface area contributed by atoms with Crippen LogP contribution in [0.4, 0.5) is 4.79 Å². The molecule has 4 rings (SSSR count). The molecule has 2 saturated heterocycles. The van der Waals surface area contributed by atoms with E-state index in [0.717, 1.165) is 11.1 Å². The van der Waals surface area contributed by atoms with Crippen molar-refractivity contribution in [3.8, 4) is 0 Å². The van der Waals surface area contributed by atoms with Crippen LogP contribution in [0.1, 0.15) is 31.2 Å². The predicted octanol–water partition coefficient (Wildman–Crippen LogP) is 1.62. The number of carbonyl (C=O) groups is 2. The van der Waals surface area contributed by atoms with E-state index in [1.165, 1.54) is 9.21 Å². The minimum absolute atomic E-state index is 0.105. The van der Waals surface area contributed by atoms with Gasteiger partial charge in [-0.25, -0.2) is 18.7 Å². The Bertz CT molecular complexity index is 1010. The number of carbonyl (C=O) groups excluding carboxylic acids is 2. The molecule has 0 aliphatic carbocycles. The first-order valence-electron chi connectivity index (χ1n) is 11.5. The lowest BCUT2D eigenvalue weighted by Crippen LogP contribution is -2.54. The van der Waals surface area contributed by atoms with E-state index in [1.807, 2.05) is 36.4 Å². The highest BCUT2D eigenvalue weighted by Crippen LogP contribution is 2.35. The largest absolute Gasteiger partial charge is 0.444 e. The van der Waals surface area contributed by atoms with Crippen LogP contribution in [0.5, 0.6) is 0 Å². The summed E-state index contributed by atoms with van der Waals surface area (Å²) in [5.41, 5.74) is 2.48. The molecular formula is C23H31N3O7S. The number of hydrogen-bond acceptors (Lipinski definition) is 7. The van der Waals surface area contributed by atoms with Crippen LogP contribution in [0, 0.1) is 5.41 Å². The van der Waals surface area contributed by atoms with Crippen molar-refractivity contribution in [1.29, 1.82) is 0 Å². The standard InChI is InChI=1S/C23H31N3O7S/c27-21(24-29)23(9-13-25(14-10-23)22(28)33-20-8-15-32-16-20)17-34(30,31)26-11-6-19(7-12-26)18-4-2-1-3-5-18/h1-6,20,29H,7-17H2,(H,24,27)/t20-/m0/s1. The average Bonchev–Trinajstić information content (AvgIpc) is 3.37. The molecule has 1 aromatic rings. The summed E-state index contributed by atoms with van der Waals surface area (Å²) in [7, 11) is -3.79. The molecule has 0 bridgehead atoms. The zero-order valence-corrected chi connectivity index (χ0v) is 19.8. The Labute approximate surface area is 199 Å². The SMILES string of the molecule is O=C(O[C@H]1CCOC1)N1CCC(CS(=O)(=O)N2CC=C(c3ccccc3)CC2)(C(=O)NO)CC1. The molecule has 3 aliphatic heterocycles. The molecule has 1 atom stereocenters. The van der Waals surface area contributed by atoms with Crippen LogP contribution in [0.25, 0.3) is 5.57 Å². The number of sulfonamides is 1. The Morgan fingerprint density at radius 1 is 1.18 bits per heavy atom. The maximum atomic E-state index is 13.3. The van der Waals surface area contributed by atoms with Crippen molar-refractivity contribution in [2.45, 2.75) is 31.8 Å². The molecule has 2 fully saturated rings. The van der Waals surface area contributed by atoms with Crippen LogP contribution >= 0.6 is 0 Å². The third kappa shape index (κ3) is 5.43. The number of piperidine rings is 1. The van der Waals surface area contributed by atoms with Gasteiger partial charge in [0.05, 0.1) is 24.4 Å². The van der Waals surface area contributed by atoms with Crippen LogP contribution in [0.15, 0.2) is 36.4 Å². The molecule has 1 aromatic carbocycles. The van der Waals surface area contributed by atoms with E-state index in [0.29, 0.717) is 32.6 Å². The first-order chi connectivity index (χ1) is 16.3. The lowest BCUT2D eigenvalue weighted by Gasteiger charge is -2.40. The second-order valence-corrected chi connectivity index (χ2v) is 11.0. The van der Waals surface area contributed by atoms with Crippen molar-refractivity contribution in [2.75, 3.05) is 45.1 Å². The number of amides is 2. The lowest BCUT2D eigenvalue weighted by molar-refractivity contribution is -0.141. The average molecular weight is 494 g/mol. The van der Waals surface area contributed by atoms with Gasteiger partial charge in [0.1, 0.15) is 6.10 Å². The fourth-order valence-corrected chi connectivity index (χ4v) is 6.73. The number of ether oxygens (including phenoxy) is 2. The molecule has 186 valence electrons. The maximum Gasteiger partial charge on any atom is 0.410 e. The summed E-state index contributed by atoms with van der Waals surface area (Å²) in [5.74, 6) is -1.17. The van der Waals surface area contributed by atoms with E-state index >= 15 is 0 Å². The maximum absolute atomic E-state index is 13.3. The van der Waals surface area contributed by atoms with Crippen LogP contribution in [-0.2, 0) is 24.3 Å². The second kappa shape index (κ2) is 10.4. The topological polar surface area (TPSA) is 125 Å². The zero-order chi connectivity index (χ0) is 24.2. The molecule has 0 radical (unpaired) electrons. The van der Waals surface area contributed by atoms with Crippen molar-refractivity contribution < 1.29 is 32.7 Å². The van der Waals surface area contributed by atoms with E-state index in [1.54, 1.807) is 5.48 Å². The number of hydrogen-bond donors (Lipinski definition) is 2. The van der Waals surface area contributed by atoms with Crippen LogP contribution in [0.3, 0.4) is 0 Å². The fourth-order valence-electron chi connectivity index (χ4n) is 4.75. The Kier molecular flexibility index (Phi) is 7.56. The lowest BCUT2D eigenvalue weighted by atomic mass is 9.79. The van der Waals surface area contributed by atoms with E-state index in [2.05, 4.69) is 0 Å². The number of rotatable bonds is 6. The summed E-state index contributed by atoms with van der Waals surface area (Å²) in [5, 5.41) is 9.35. The van der Waals surface area contributed by atoms with Gasteiger partial charge in [0.2, 0.25) is 10.0 Å². The number of benzene rings is 1. The van der Waals surface area contributed by atoms with Gasteiger partial charge in [-0.1, -0.05) is 36.4 Å². The minimum Gasteiger partial charge on any atom is -0.444 e. The van der Waals surface area contributed by atoms with Crippen molar-refractivity contribution in [2.24, 2.45) is 5.41 Å². The first-order valence-corrected chi connectivity index (χ1v) is 13.1. The normalized spacial score (nSPS) is 23.3. The Hall–Kier alpha value is -2.47. The van der Waals surface area contributed by atoms with Crippen molar-refractivity contribution in [1.82, 2.24) is 14.7 Å². The summed E-state index contributed by atoms with van der Waals surface area (Å²) in [4.78, 5) is 26.6. The molecule has 0 unspecified atom stereocenters. The highest BCUT2D eigenvalue weighted by atomic mass is 32.2. The molecule has 10 nitrogen and oxygen atoms in total. The molecular weight excluding hydrogens is 462 g/mol. The predicted molar refractivity (Wildman–Crippen MR) is 123 cm³/mol. The van der Waals surface area contributed by atoms with E-state index in [9.17, 15) is 23.2 Å². The third-order valence-electron chi connectivity index (χ3n) is 6.89. The summed E-state index contributed by atoms with van der Waals surface area (Å²) in [6.07, 6.45) is 2.55. The van der Waals surface area contributed by atoms with Gasteiger partial charge in [-0.2, -0.15) is 4.31 Å². The van der Waals surface area contributed by atoms with Gasteiger partial charge in [0, 0.05) is 32.6 Å². The van der Waals surface area contributed by atoms with Crippen LogP contribution < -0.4 is 5.48 Å². The zero-order valence-electron chi connectivity index (χ0n) is 19.0. The number of nitrogens with zero attached hydrogens (tertiary/aromatic N) is 2. The van der Waals surface area contributed by atoms with Gasteiger partial charge in [-0.3, -0.25) is 10.0 Å². The Morgan fingerprint density at radius 2 is 1.91 bits per heavy atom. The molecule has 0 spiro atoms. The van der Waals surface area contributed by atoms with Gasteiger partial charge >= 0.3 is 6.09 Å². The molecule has 11 heteroatoms. The number of likely N-dealkylation sites (tertiary alicyclic amines) is 1. The first kappa shape index (κ1) is 24.6. The van der Waals surface area contributed by atoms with E-state index in [4.69, 9.17) is 9.47 Å². The molecule has 2 N–H and O–H groups in total. The van der Waals surface area contributed by atoms with Gasteiger partial charge < -0.3 is 14.4 Å². The van der Waals surface area contributed by atoms with Crippen LogP contribution in [0.2, 0.25) is 0 Å². The smallest absolute Gasteiger partial charge is 0.410 e. The van der Waals surface area contributed by atoms with Crippen molar-refractivity contribution in [3.63, 3.8) is 0 Å². The molecule has 0 aromatic heterocycles. The minimum atomic E-state index is -3.79. The fraction of sp³-hybridized carbons (Fsp3) is 0.565. The van der Waals surface area contributed by atoms with Gasteiger partial charge in [-0.05, 0) is 30.4 Å². The summed E-state index contributed by atoms with van der Waals surface area (Å²) >= 11 is 0. The molecule has 2 amide bonds. The van der Waals surface area contributed by atoms with Crippen molar-refractivity contribution in [3.05, 3.63) is 42.0 Å². The van der Waals surface area contributed by atoms with Gasteiger partial charge in [0.25, 0.3) is 5.91 Å². The second-order valence-electron chi connectivity index (χ2n) is 9.04. The van der Waals surface area contributed by atoms with Crippen LogP contribution in [-0.4, -0.2) is 86.1 Å². The molecule has 34 heavy (non-hydrogen) atoms. The molecule has 0 saturated carbocycles. The van der Waals surface area contributed by atoms with Gasteiger partial charge in [0.15, 0.2) is 0 Å². The number of nitrogens with one attached hydrogen (secondary N) is 1. The quantitative estimate of drug-likeness (QED) is 0.456.